The van der Waals surface area contributed by atoms with Crippen LogP contribution in [0.5, 0.6) is 0 Å². The highest BCUT2D eigenvalue weighted by atomic mass is 19.1. The summed E-state index contributed by atoms with van der Waals surface area (Å²) in [5, 5.41) is 0. The average Bonchev–Trinajstić information content (AvgIpc) is 2.60. The predicted octanol–water partition coefficient (Wildman–Crippen LogP) is 2.25. The molecule has 2 aromatic rings. The minimum Gasteiger partial charge on any atom is -0.439 e. The Labute approximate surface area is 86.7 Å². The minimum atomic E-state index is -0.319. The van der Waals surface area contributed by atoms with Gasteiger partial charge < -0.3 is 10.2 Å². The molecular weight excluding hydrogens is 195 g/mol. The number of oxazole rings is 1. The van der Waals surface area contributed by atoms with Gasteiger partial charge in [0.05, 0.1) is 17.8 Å². The Hall–Kier alpha value is -1.68. The van der Waals surface area contributed by atoms with Crippen molar-refractivity contribution >= 4 is 0 Å². The maximum Gasteiger partial charge on any atom is 0.208 e. The summed E-state index contributed by atoms with van der Waals surface area (Å²) in [5.74, 6) is 0.555. The van der Waals surface area contributed by atoms with Gasteiger partial charge in [-0.05, 0) is 19.1 Å². The number of aromatic nitrogens is 1. The highest BCUT2D eigenvalue weighted by Crippen LogP contribution is 2.26. The van der Waals surface area contributed by atoms with Gasteiger partial charge in [0, 0.05) is 0 Å². The molecule has 0 saturated heterocycles. The van der Waals surface area contributed by atoms with Crippen LogP contribution in [0.2, 0.25) is 0 Å². The van der Waals surface area contributed by atoms with Gasteiger partial charge >= 0.3 is 0 Å². The average molecular weight is 206 g/mol. The fourth-order valence-electron chi connectivity index (χ4n) is 1.43. The number of hydrogen-bond acceptors (Lipinski definition) is 3. The molecule has 2 N–H and O–H groups in total. The number of hydrogen-bond donors (Lipinski definition) is 1. The molecule has 0 aliphatic carbocycles. The van der Waals surface area contributed by atoms with Gasteiger partial charge in [0.2, 0.25) is 5.89 Å². The van der Waals surface area contributed by atoms with Gasteiger partial charge in [-0.25, -0.2) is 9.37 Å². The van der Waals surface area contributed by atoms with Crippen LogP contribution < -0.4 is 5.73 Å². The Morgan fingerprint density at radius 3 is 2.73 bits per heavy atom. The summed E-state index contributed by atoms with van der Waals surface area (Å²) in [7, 11) is 0. The van der Waals surface area contributed by atoms with Gasteiger partial charge in [-0.2, -0.15) is 0 Å². The zero-order valence-corrected chi connectivity index (χ0v) is 8.33. The highest BCUT2D eigenvalue weighted by molar-refractivity contribution is 5.60. The first-order chi connectivity index (χ1) is 7.22. The van der Waals surface area contributed by atoms with E-state index in [0.29, 0.717) is 22.9 Å². The summed E-state index contributed by atoms with van der Waals surface area (Å²) in [4.78, 5) is 4.09. The van der Waals surface area contributed by atoms with Crippen LogP contribution in [-0.2, 0) is 6.54 Å². The maximum atomic E-state index is 13.4. The first-order valence-corrected chi connectivity index (χ1v) is 4.63. The molecule has 78 valence electrons. The van der Waals surface area contributed by atoms with E-state index in [1.807, 2.05) is 0 Å². The normalized spacial score (nSPS) is 10.6. The van der Waals surface area contributed by atoms with Gasteiger partial charge in [0.1, 0.15) is 5.82 Å². The molecule has 2 rings (SSSR count). The second kappa shape index (κ2) is 3.82. The number of rotatable bonds is 2. The molecule has 0 amide bonds. The highest BCUT2D eigenvalue weighted by Gasteiger charge is 2.13. The molecule has 1 aromatic carbocycles. The molecule has 15 heavy (non-hydrogen) atoms. The van der Waals surface area contributed by atoms with E-state index in [4.69, 9.17) is 10.2 Å². The lowest BCUT2D eigenvalue weighted by molar-refractivity contribution is 0.505. The van der Waals surface area contributed by atoms with E-state index in [1.165, 1.54) is 6.07 Å². The zero-order chi connectivity index (χ0) is 10.8. The van der Waals surface area contributed by atoms with Crippen molar-refractivity contribution in [2.24, 2.45) is 5.73 Å². The molecule has 0 bridgehead atoms. The number of benzene rings is 1. The number of halogens is 1. The lowest BCUT2D eigenvalue weighted by Crippen LogP contribution is -1.95. The van der Waals surface area contributed by atoms with Crippen molar-refractivity contribution in [3.63, 3.8) is 0 Å². The minimum absolute atomic E-state index is 0.218. The van der Waals surface area contributed by atoms with Gasteiger partial charge in [0.25, 0.3) is 0 Å². The summed E-state index contributed by atoms with van der Waals surface area (Å²) in [5.41, 5.74) is 6.47. The monoisotopic (exact) mass is 206 g/mol. The Balaban J connectivity index is 2.54. The van der Waals surface area contributed by atoms with Crippen molar-refractivity contribution in [1.29, 1.82) is 0 Å². The van der Waals surface area contributed by atoms with Crippen LogP contribution in [0.3, 0.4) is 0 Å². The van der Waals surface area contributed by atoms with Crippen LogP contribution in [0, 0.1) is 12.7 Å². The third-order valence-corrected chi connectivity index (χ3v) is 2.13. The number of aryl methyl sites for hydroxylation is 1. The van der Waals surface area contributed by atoms with Crippen molar-refractivity contribution in [2.45, 2.75) is 13.5 Å². The van der Waals surface area contributed by atoms with Gasteiger partial charge in [-0.15, -0.1) is 0 Å². The summed E-state index contributed by atoms with van der Waals surface area (Å²) in [6, 6.07) is 6.43. The Morgan fingerprint density at radius 2 is 2.13 bits per heavy atom. The first kappa shape index (κ1) is 9.86. The van der Waals surface area contributed by atoms with Gasteiger partial charge in [-0.1, -0.05) is 12.1 Å². The second-order valence-corrected chi connectivity index (χ2v) is 3.21. The van der Waals surface area contributed by atoms with E-state index >= 15 is 0 Å². The summed E-state index contributed by atoms with van der Waals surface area (Å²) in [6.45, 7) is 1.99. The topological polar surface area (TPSA) is 52.0 Å². The zero-order valence-electron chi connectivity index (χ0n) is 8.33. The van der Waals surface area contributed by atoms with Crippen LogP contribution in [0.1, 0.15) is 11.6 Å². The lowest BCUT2D eigenvalue weighted by Gasteiger charge is -1.98. The second-order valence-electron chi connectivity index (χ2n) is 3.21. The molecule has 0 fully saturated rings. The summed E-state index contributed by atoms with van der Waals surface area (Å²) < 4.78 is 18.8. The van der Waals surface area contributed by atoms with Gasteiger partial charge in [0.15, 0.2) is 5.76 Å². The largest absolute Gasteiger partial charge is 0.439 e. The molecule has 3 nitrogen and oxygen atoms in total. The smallest absolute Gasteiger partial charge is 0.208 e. The predicted molar refractivity (Wildman–Crippen MR) is 54.5 cm³/mol. The van der Waals surface area contributed by atoms with E-state index in [9.17, 15) is 4.39 Å². The SMILES string of the molecule is Cc1nc(CN)oc1-c1ccccc1F. The Kier molecular flexibility index (Phi) is 2.51. The molecule has 0 spiro atoms. The lowest BCUT2D eigenvalue weighted by atomic mass is 10.1. The van der Waals surface area contributed by atoms with Crippen LogP contribution in [0.15, 0.2) is 28.7 Å². The molecule has 0 unspecified atom stereocenters. The van der Waals surface area contributed by atoms with E-state index in [0.717, 1.165) is 0 Å². The molecular formula is C11H11FN2O. The van der Waals surface area contributed by atoms with Crippen molar-refractivity contribution in [3.05, 3.63) is 41.7 Å². The molecule has 4 heteroatoms. The third kappa shape index (κ3) is 1.76. The van der Waals surface area contributed by atoms with Crippen molar-refractivity contribution in [3.8, 4) is 11.3 Å². The van der Waals surface area contributed by atoms with Crippen LogP contribution in [0.25, 0.3) is 11.3 Å². The fraction of sp³-hybridized carbons (Fsp3) is 0.182. The first-order valence-electron chi connectivity index (χ1n) is 4.63. The Morgan fingerprint density at radius 1 is 1.40 bits per heavy atom. The summed E-state index contributed by atoms with van der Waals surface area (Å²) in [6.07, 6.45) is 0. The van der Waals surface area contributed by atoms with Crippen molar-refractivity contribution in [1.82, 2.24) is 4.98 Å². The molecule has 1 heterocycles. The van der Waals surface area contributed by atoms with Crippen LogP contribution in [-0.4, -0.2) is 4.98 Å². The van der Waals surface area contributed by atoms with Crippen molar-refractivity contribution < 1.29 is 8.81 Å². The molecule has 0 radical (unpaired) electrons. The van der Waals surface area contributed by atoms with E-state index in [2.05, 4.69) is 4.98 Å². The standard InChI is InChI=1S/C11H11FN2O/c1-7-11(15-10(6-13)14-7)8-4-2-3-5-9(8)12/h2-5H,6,13H2,1H3. The molecule has 0 aliphatic heterocycles. The van der Waals surface area contributed by atoms with E-state index < -0.39 is 0 Å². The molecule has 0 aliphatic rings. The molecule has 0 saturated carbocycles. The molecule has 1 aromatic heterocycles. The van der Waals surface area contributed by atoms with Crippen LogP contribution in [0.4, 0.5) is 4.39 Å². The number of nitrogens with zero attached hydrogens (tertiary/aromatic N) is 1. The number of nitrogens with two attached hydrogens (primary N) is 1. The molecule has 0 atom stereocenters. The van der Waals surface area contributed by atoms with E-state index in [-0.39, 0.29) is 12.4 Å². The van der Waals surface area contributed by atoms with Gasteiger partial charge in [-0.3, -0.25) is 0 Å². The third-order valence-electron chi connectivity index (χ3n) is 2.13. The van der Waals surface area contributed by atoms with E-state index in [1.54, 1.807) is 25.1 Å². The quantitative estimate of drug-likeness (QED) is 0.819. The fourth-order valence-corrected chi connectivity index (χ4v) is 1.43. The van der Waals surface area contributed by atoms with Crippen molar-refractivity contribution in [2.75, 3.05) is 0 Å². The summed E-state index contributed by atoms with van der Waals surface area (Å²) >= 11 is 0. The van der Waals surface area contributed by atoms with Crippen LogP contribution >= 0.6 is 0 Å². The Bertz CT molecular complexity index is 479. The maximum absolute atomic E-state index is 13.4.